The van der Waals surface area contributed by atoms with Crippen molar-refractivity contribution in [2.45, 2.75) is 26.4 Å². The van der Waals surface area contributed by atoms with Crippen LogP contribution in [0.3, 0.4) is 0 Å². The van der Waals surface area contributed by atoms with Gasteiger partial charge in [-0.15, -0.1) is 6.58 Å². The van der Waals surface area contributed by atoms with Crippen molar-refractivity contribution >= 4 is 0 Å². The molecule has 0 radical (unpaired) electrons. The second-order valence-corrected chi connectivity index (χ2v) is 4.32. The number of hydrogen-bond acceptors (Lipinski definition) is 2. The highest BCUT2D eigenvalue weighted by molar-refractivity contribution is 5.27. The van der Waals surface area contributed by atoms with Crippen LogP contribution in [0.5, 0.6) is 0 Å². The first-order valence-electron chi connectivity index (χ1n) is 6.36. The van der Waals surface area contributed by atoms with Gasteiger partial charge in [0.1, 0.15) is 0 Å². The van der Waals surface area contributed by atoms with Crippen LogP contribution in [-0.2, 0) is 13.1 Å². The molecule has 1 aromatic carbocycles. The highest BCUT2D eigenvalue weighted by Gasteiger charge is 2.06. The van der Waals surface area contributed by atoms with Gasteiger partial charge in [-0.2, -0.15) is 0 Å². The van der Waals surface area contributed by atoms with E-state index >= 15 is 0 Å². The minimum atomic E-state index is 0.935. The van der Waals surface area contributed by atoms with E-state index < -0.39 is 0 Å². The van der Waals surface area contributed by atoms with E-state index in [1.807, 2.05) is 13.1 Å². The Bertz CT molecular complexity index is 333. The zero-order valence-corrected chi connectivity index (χ0v) is 11.1. The maximum Gasteiger partial charge on any atom is 0.0240 e. The first-order valence-corrected chi connectivity index (χ1v) is 6.36. The number of rotatable bonds is 8. The van der Waals surface area contributed by atoms with Gasteiger partial charge in [0.05, 0.1) is 0 Å². The second kappa shape index (κ2) is 8.04. The van der Waals surface area contributed by atoms with Crippen LogP contribution in [0.4, 0.5) is 0 Å². The molecule has 0 saturated heterocycles. The van der Waals surface area contributed by atoms with Crippen LogP contribution in [0, 0.1) is 0 Å². The van der Waals surface area contributed by atoms with Gasteiger partial charge in [0.25, 0.3) is 0 Å². The molecule has 0 heterocycles. The second-order valence-electron chi connectivity index (χ2n) is 4.32. The molecule has 1 N–H and O–H groups in total. The smallest absolute Gasteiger partial charge is 0.0240 e. The average Bonchev–Trinajstić information content (AvgIpc) is 2.33. The predicted molar refractivity (Wildman–Crippen MR) is 75.0 cm³/mol. The van der Waals surface area contributed by atoms with Crippen LogP contribution < -0.4 is 5.32 Å². The maximum absolute atomic E-state index is 3.83. The summed E-state index contributed by atoms with van der Waals surface area (Å²) in [5.41, 5.74) is 2.80. The van der Waals surface area contributed by atoms with E-state index in [-0.39, 0.29) is 0 Å². The monoisotopic (exact) mass is 232 g/mol. The number of hydrogen-bond donors (Lipinski definition) is 1. The van der Waals surface area contributed by atoms with Crippen LogP contribution in [0.15, 0.2) is 36.9 Å². The lowest BCUT2D eigenvalue weighted by Gasteiger charge is -2.21. The number of benzene rings is 1. The zero-order valence-electron chi connectivity index (χ0n) is 11.1. The van der Waals surface area contributed by atoms with Gasteiger partial charge in [-0.3, -0.25) is 4.90 Å². The van der Waals surface area contributed by atoms with E-state index in [1.165, 1.54) is 17.5 Å². The van der Waals surface area contributed by atoms with E-state index in [1.54, 1.807) is 0 Å². The van der Waals surface area contributed by atoms with E-state index in [9.17, 15) is 0 Å². The molecule has 0 aliphatic rings. The number of nitrogens with zero attached hydrogens (tertiary/aromatic N) is 1. The fourth-order valence-electron chi connectivity index (χ4n) is 2.05. The highest BCUT2D eigenvalue weighted by Crippen LogP contribution is 2.12. The molecule has 1 aromatic rings. The lowest BCUT2D eigenvalue weighted by molar-refractivity contribution is 0.294. The third kappa shape index (κ3) is 4.72. The molecule has 0 atom stereocenters. The molecule has 2 nitrogen and oxygen atoms in total. The standard InChI is InChI=1S/C15H24N2/c1-4-10-17(11-5-2)13-15-9-7-6-8-14(15)12-16-3/h4,6-9,16H,1,5,10-13H2,2-3H3. The third-order valence-electron chi connectivity index (χ3n) is 2.81. The fourth-order valence-corrected chi connectivity index (χ4v) is 2.05. The molecule has 0 spiro atoms. The fraction of sp³-hybridized carbons (Fsp3) is 0.467. The van der Waals surface area contributed by atoms with Gasteiger partial charge >= 0.3 is 0 Å². The Kier molecular flexibility index (Phi) is 6.60. The summed E-state index contributed by atoms with van der Waals surface area (Å²) < 4.78 is 0. The van der Waals surface area contributed by atoms with E-state index in [4.69, 9.17) is 0 Å². The van der Waals surface area contributed by atoms with Crippen molar-refractivity contribution in [3.8, 4) is 0 Å². The van der Waals surface area contributed by atoms with Crippen molar-refractivity contribution < 1.29 is 0 Å². The van der Waals surface area contributed by atoms with Gasteiger partial charge in [0.15, 0.2) is 0 Å². The van der Waals surface area contributed by atoms with Gasteiger partial charge < -0.3 is 5.32 Å². The molecule has 0 fully saturated rings. The summed E-state index contributed by atoms with van der Waals surface area (Å²) in [5.74, 6) is 0. The molecule has 0 aliphatic heterocycles. The summed E-state index contributed by atoms with van der Waals surface area (Å²) in [6, 6.07) is 8.64. The average molecular weight is 232 g/mol. The maximum atomic E-state index is 3.83. The molecule has 1 rings (SSSR count). The lowest BCUT2D eigenvalue weighted by atomic mass is 10.1. The van der Waals surface area contributed by atoms with Gasteiger partial charge in [0.2, 0.25) is 0 Å². The minimum absolute atomic E-state index is 0.935. The SMILES string of the molecule is C=CCN(CCC)Cc1ccccc1CNC. The van der Waals surface area contributed by atoms with Crippen molar-refractivity contribution in [2.75, 3.05) is 20.1 Å². The van der Waals surface area contributed by atoms with Crippen LogP contribution in [-0.4, -0.2) is 25.0 Å². The predicted octanol–water partition coefficient (Wildman–Crippen LogP) is 2.80. The summed E-state index contributed by atoms with van der Waals surface area (Å²) in [6.07, 6.45) is 3.17. The Balaban J connectivity index is 2.72. The topological polar surface area (TPSA) is 15.3 Å². The van der Waals surface area contributed by atoms with E-state index in [0.29, 0.717) is 0 Å². The molecule has 0 amide bonds. The third-order valence-corrected chi connectivity index (χ3v) is 2.81. The van der Waals surface area contributed by atoms with Crippen LogP contribution in [0.25, 0.3) is 0 Å². The Morgan fingerprint density at radius 3 is 2.59 bits per heavy atom. The van der Waals surface area contributed by atoms with Crippen molar-refractivity contribution in [3.63, 3.8) is 0 Å². The van der Waals surface area contributed by atoms with Crippen molar-refractivity contribution in [1.82, 2.24) is 10.2 Å². The molecule has 0 aromatic heterocycles. The molecule has 0 saturated carbocycles. The van der Waals surface area contributed by atoms with Gasteiger partial charge in [-0.1, -0.05) is 37.3 Å². The van der Waals surface area contributed by atoms with E-state index in [0.717, 1.165) is 26.2 Å². The normalized spacial score (nSPS) is 10.8. The van der Waals surface area contributed by atoms with E-state index in [2.05, 4.69) is 48.0 Å². The molecule has 17 heavy (non-hydrogen) atoms. The molecule has 0 bridgehead atoms. The Morgan fingerprint density at radius 2 is 2.00 bits per heavy atom. The zero-order chi connectivity index (χ0) is 12.5. The first-order chi connectivity index (χ1) is 8.31. The van der Waals surface area contributed by atoms with Crippen LogP contribution >= 0.6 is 0 Å². The van der Waals surface area contributed by atoms with Crippen LogP contribution in [0.1, 0.15) is 24.5 Å². The first kappa shape index (κ1) is 13.9. The molecular weight excluding hydrogens is 208 g/mol. The quantitative estimate of drug-likeness (QED) is 0.693. The van der Waals surface area contributed by atoms with Crippen molar-refractivity contribution in [2.24, 2.45) is 0 Å². The molecule has 94 valence electrons. The van der Waals surface area contributed by atoms with Crippen molar-refractivity contribution in [1.29, 1.82) is 0 Å². The highest BCUT2D eigenvalue weighted by atomic mass is 15.1. The van der Waals surface area contributed by atoms with Crippen LogP contribution in [0.2, 0.25) is 0 Å². The Labute approximate surface area is 105 Å². The summed E-state index contributed by atoms with van der Waals surface area (Å²) in [4.78, 5) is 2.43. The summed E-state index contributed by atoms with van der Waals surface area (Å²) >= 11 is 0. The molecule has 0 unspecified atom stereocenters. The van der Waals surface area contributed by atoms with Gasteiger partial charge in [-0.25, -0.2) is 0 Å². The molecule has 0 aliphatic carbocycles. The van der Waals surface area contributed by atoms with Crippen molar-refractivity contribution in [3.05, 3.63) is 48.0 Å². The van der Waals surface area contributed by atoms with Gasteiger partial charge in [0, 0.05) is 19.6 Å². The summed E-state index contributed by atoms with van der Waals surface area (Å²) in [5, 5.41) is 3.22. The number of nitrogens with one attached hydrogen (secondary N) is 1. The Morgan fingerprint density at radius 1 is 1.29 bits per heavy atom. The Hall–Kier alpha value is -1.12. The summed E-state index contributed by atoms with van der Waals surface area (Å²) in [7, 11) is 1.99. The molecular formula is C15H24N2. The summed E-state index contributed by atoms with van der Waals surface area (Å²) in [6.45, 7) is 10.1. The lowest BCUT2D eigenvalue weighted by Crippen LogP contribution is -2.25. The largest absolute Gasteiger partial charge is 0.316 e. The molecule has 2 heteroatoms. The minimum Gasteiger partial charge on any atom is -0.316 e. The van der Waals surface area contributed by atoms with Gasteiger partial charge in [-0.05, 0) is 31.1 Å².